The Morgan fingerprint density at radius 3 is 1.58 bits per heavy atom. The Morgan fingerprint density at radius 2 is 1.17 bits per heavy atom. The second kappa shape index (κ2) is 7.78. The molecule has 9 heteroatoms. The maximum absolute atomic E-state index is 13.5. The molecule has 0 aromatic heterocycles. The fourth-order valence-electron chi connectivity index (χ4n) is 1.69. The SMILES string of the molecule is CC(C)(C)CC(F)(F)COC(F)(F)COC(F)(F)CNC(C)(C)C. The van der Waals surface area contributed by atoms with E-state index in [2.05, 4.69) is 14.8 Å². The molecule has 0 saturated heterocycles. The molecule has 0 saturated carbocycles. The van der Waals surface area contributed by atoms with Crippen molar-refractivity contribution >= 4 is 0 Å². The summed E-state index contributed by atoms with van der Waals surface area (Å²) in [6.07, 6.45) is -8.80. The molecular formula is C15H27F6NO2. The molecular weight excluding hydrogens is 340 g/mol. The molecule has 0 fully saturated rings. The normalized spacial score (nSPS) is 15.0. The van der Waals surface area contributed by atoms with E-state index in [9.17, 15) is 26.3 Å². The van der Waals surface area contributed by atoms with Crippen molar-refractivity contribution in [3.63, 3.8) is 0 Å². The predicted octanol–water partition coefficient (Wildman–Crippen LogP) is 4.66. The maximum atomic E-state index is 13.5. The molecule has 0 rings (SSSR count). The first kappa shape index (κ1) is 23.5. The van der Waals surface area contributed by atoms with Gasteiger partial charge in [0.15, 0.2) is 0 Å². The Morgan fingerprint density at radius 1 is 0.708 bits per heavy atom. The van der Waals surface area contributed by atoms with Crippen LogP contribution in [-0.4, -0.2) is 43.4 Å². The van der Waals surface area contributed by atoms with E-state index in [-0.39, 0.29) is 0 Å². The first-order chi connectivity index (χ1) is 10.3. The maximum Gasteiger partial charge on any atom is 0.379 e. The highest BCUT2D eigenvalue weighted by Gasteiger charge is 2.43. The average Bonchev–Trinajstić information content (AvgIpc) is 2.29. The van der Waals surface area contributed by atoms with Gasteiger partial charge in [-0.25, -0.2) is 8.78 Å². The van der Waals surface area contributed by atoms with E-state index in [1.807, 2.05) is 0 Å². The van der Waals surface area contributed by atoms with Crippen molar-refractivity contribution in [3.05, 3.63) is 0 Å². The second-order valence-electron chi connectivity index (χ2n) is 8.05. The third-order valence-corrected chi connectivity index (χ3v) is 2.56. The quantitative estimate of drug-likeness (QED) is 0.601. The third kappa shape index (κ3) is 12.8. The van der Waals surface area contributed by atoms with Gasteiger partial charge in [-0.1, -0.05) is 20.8 Å². The van der Waals surface area contributed by atoms with E-state index in [1.165, 1.54) is 20.8 Å². The Bertz CT molecular complexity index is 388. The van der Waals surface area contributed by atoms with Crippen molar-refractivity contribution in [1.29, 1.82) is 0 Å². The molecule has 0 aromatic carbocycles. The van der Waals surface area contributed by atoms with E-state index in [0.29, 0.717) is 0 Å². The van der Waals surface area contributed by atoms with Gasteiger partial charge in [0.05, 0.1) is 6.54 Å². The highest BCUT2D eigenvalue weighted by Crippen LogP contribution is 2.33. The van der Waals surface area contributed by atoms with Crippen LogP contribution in [0.15, 0.2) is 0 Å². The van der Waals surface area contributed by atoms with Crippen LogP contribution in [0.25, 0.3) is 0 Å². The van der Waals surface area contributed by atoms with E-state index in [0.717, 1.165) is 0 Å². The molecule has 0 aliphatic carbocycles. The summed E-state index contributed by atoms with van der Waals surface area (Å²) in [7, 11) is 0. The number of halogens is 6. The van der Waals surface area contributed by atoms with Crippen molar-refractivity contribution in [2.45, 2.75) is 71.6 Å². The van der Waals surface area contributed by atoms with Crippen LogP contribution in [0.3, 0.4) is 0 Å². The van der Waals surface area contributed by atoms with Gasteiger partial charge in [-0.3, -0.25) is 0 Å². The lowest BCUT2D eigenvalue weighted by atomic mass is 9.89. The molecule has 0 atom stereocenters. The molecule has 3 nitrogen and oxygen atoms in total. The molecule has 0 amide bonds. The minimum absolute atomic E-state index is 0.666. The molecule has 0 bridgehead atoms. The van der Waals surface area contributed by atoms with Crippen molar-refractivity contribution in [1.82, 2.24) is 5.32 Å². The Kier molecular flexibility index (Phi) is 7.61. The first-order valence-corrected chi connectivity index (χ1v) is 7.49. The number of alkyl halides is 6. The average molecular weight is 367 g/mol. The van der Waals surface area contributed by atoms with Gasteiger partial charge in [-0.2, -0.15) is 17.6 Å². The van der Waals surface area contributed by atoms with Gasteiger partial charge in [0, 0.05) is 12.0 Å². The standard InChI is InChI=1S/C15H27F6NO2/c1-11(2,3)7-13(16,17)9-23-15(20,21)10-24-14(18,19)8-22-12(4,5)6/h22H,7-10H2,1-6H3. The number of hydrogen-bond acceptors (Lipinski definition) is 3. The van der Waals surface area contributed by atoms with Crippen LogP contribution in [0, 0.1) is 5.41 Å². The molecule has 0 aliphatic heterocycles. The van der Waals surface area contributed by atoms with Crippen molar-refractivity contribution < 1.29 is 35.8 Å². The van der Waals surface area contributed by atoms with Gasteiger partial charge >= 0.3 is 12.2 Å². The lowest BCUT2D eigenvalue weighted by Gasteiger charge is -2.28. The first-order valence-electron chi connectivity index (χ1n) is 7.49. The summed E-state index contributed by atoms with van der Waals surface area (Å²) in [5.74, 6) is -3.50. The molecule has 0 spiro atoms. The Hall–Kier alpha value is -0.540. The fraction of sp³-hybridized carbons (Fsp3) is 1.00. The van der Waals surface area contributed by atoms with Crippen LogP contribution >= 0.6 is 0 Å². The second-order valence-corrected chi connectivity index (χ2v) is 8.05. The summed E-state index contributed by atoms with van der Waals surface area (Å²) in [6.45, 7) is 4.99. The number of rotatable bonds is 9. The molecule has 0 unspecified atom stereocenters. The molecule has 0 radical (unpaired) electrons. The monoisotopic (exact) mass is 367 g/mol. The Labute approximate surface area is 139 Å². The van der Waals surface area contributed by atoms with Crippen LogP contribution in [0.5, 0.6) is 0 Å². The van der Waals surface area contributed by atoms with Crippen LogP contribution in [0.1, 0.15) is 48.0 Å². The number of nitrogens with one attached hydrogen (secondary N) is 1. The van der Waals surface area contributed by atoms with Gasteiger partial charge < -0.3 is 14.8 Å². The minimum atomic E-state index is -4.24. The summed E-state index contributed by atoms with van der Waals surface area (Å²) in [5, 5.41) is 2.40. The highest BCUT2D eigenvalue weighted by atomic mass is 19.3. The fourth-order valence-corrected chi connectivity index (χ4v) is 1.69. The lowest BCUT2D eigenvalue weighted by Crippen LogP contribution is -2.46. The molecule has 24 heavy (non-hydrogen) atoms. The molecule has 0 aliphatic rings. The minimum Gasteiger partial charge on any atom is -0.312 e. The summed E-state index contributed by atoms with van der Waals surface area (Å²) >= 11 is 0. The van der Waals surface area contributed by atoms with Gasteiger partial charge in [-0.15, -0.1) is 0 Å². The van der Waals surface area contributed by atoms with E-state index >= 15 is 0 Å². The largest absolute Gasteiger partial charge is 0.379 e. The zero-order valence-corrected chi connectivity index (χ0v) is 14.9. The predicted molar refractivity (Wildman–Crippen MR) is 78.6 cm³/mol. The van der Waals surface area contributed by atoms with Crippen LogP contribution < -0.4 is 5.32 Å². The molecule has 1 N–H and O–H groups in total. The van der Waals surface area contributed by atoms with Crippen LogP contribution in [0.4, 0.5) is 26.3 Å². The zero-order chi connectivity index (χ0) is 19.4. The van der Waals surface area contributed by atoms with Gasteiger partial charge in [-0.05, 0) is 26.2 Å². The van der Waals surface area contributed by atoms with Crippen molar-refractivity contribution in [2.24, 2.45) is 5.41 Å². The summed E-state index contributed by atoms with van der Waals surface area (Å²) in [5.41, 5.74) is -1.47. The van der Waals surface area contributed by atoms with Crippen molar-refractivity contribution in [3.8, 4) is 0 Å². The van der Waals surface area contributed by atoms with Crippen LogP contribution in [0.2, 0.25) is 0 Å². The Balaban J connectivity index is 4.44. The van der Waals surface area contributed by atoms with Gasteiger partial charge in [0.25, 0.3) is 5.92 Å². The highest BCUT2D eigenvalue weighted by molar-refractivity contribution is 4.76. The summed E-state index contributed by atoms with van der Waals surface area (Å²) in [6, 6.07) is 0. The summed E-state index contributed by atoms with van der Waals surface area (Å²) < 4.78 is 88.1. The number of hydrogen-bond donors (Lipinski definition) is 1. The number of ether oxygens (including phenoxy) is 2. The molecule has 146 valence electrons. The third-order valence-electron chi connectivity index (χ3n) is 2.56. The molecule has 0 heterocycles. The molecule has 0 aromatic rings. The van der Waals surface area contributed by atoms with E-state index in [4.69, 9.17) is 0 Å². The van der Waals surface area contributed by atoms with E-state index < -0.39 is 55.3 Å². The summed E-state index contributed by atoms with van der Waals surface area (Å²) in [4.78, 5) is 0. The van der Waals surface area contributed by atoms with E-state index in [1.54, 1.807) is 20.8 Å². The van der Waals surface area contributed by atoms with Gasteiger partial charge in [0.2, 0.25) is 0 Å². The van der Waals surface area contributed by atoms with Gasteiger partial charge in [0.1, 0.15) is 13.2 Å². The topological polar surface area (TPSA) is 30.5 Å². The van der Waals surface area contributed by atoms with Crippen LogP contribution in [-0.2, 0) is 9.47 Å². The lowest BCUT2D eigenvalue weighted by molar-refractivity contribution is -0.332. The smallest absolute Gasteiger partial charge is 0.312 e. The van der Waals surface area contributed by atoms with Crippen molar-refractivity contribution in [2.75, 3.05) is 19.8 Å². The zero-order valence-electron chi connectivity index (χ0n) is 14.9.